The third kappa shape index (κ3) is 6.50. The summed E-state index contributed by atoms with van der Waals surface area (Å²) in [5, 5.41) is 3.85. The summed E-state index contributed by atoms with van der Waals surface area (Å²) in [5.74, 6) is 0.506. The molecule has 0 aromatic heterocycles. The molecule has 18 heavy (non-hydrogen) atoms. The summed E-state index contributed by atoms with van der Waals surface area (Å²) in [6, 6.07) is 7.66. The highest BCUT2D eigenvalue weighted by molar-refractivity contribution is 6.30. The van der Waals surface area contributed by atoms with Crippen LogP contribution in [-0.4, -0.2) is 12.5 Å². The van der Waals surface area contributed by atoms with Crippen molar-refractivity contribution >= 4 is 17.6 Å². The molecule has 0 spiro atoms. The van der Waals surface area contributed by atoms with Crippen LogP contribution in [0.2, 0.25) is 5.02 Å². The maximum absolute atomic E-state index is 5.90. The zero-order valence-corrected chi connectivity index (χ0v) is 11.7. The highest BCUT2D eigenvalue weighted by Crippen LogP contribution is 2.11. The van der Waals surface area contributed by atoms with Crippen LogP contribution in [0.5, 0.6) is 0 Å². The maximum Gasteiger partial charge on any atom is 0.188 e. The number of nitrogens with zero attached hydrogens (tertiary/aromatic N) is 1. The van der Waals surface area contributed by atoms with Gasteiger partial charge in [-0.05, 0) is 24.1 Å². The summed E-state index contributed by atoms with van der Waals surface area (Å²) < 4.78 is 0. The molecule has 0 aliphatic rings. The molecule has 0 saturated heterocycles. The minimum absolute atomic E-state index is 0.506. The predicted octanol–water partition coefficient (Wildman–Crippen LogP) is 3.32. The first-order valence-corrected chi connectivity index (χ1v) is 6.88. The van der Waals surface area contributed by atoms with Gasteiger partial charge in [0, 0.05) is 11.6 Å². The van der Waals surface area contributed by atoms with Crippen molar-refractivity contribution in [1.82, 2.24) is 5.32 Å². The van der Waals surface area contributed by atoms with Gasteiger partial charge in [0.1, 0.15) is 0 Å². The van der Waals surface area contributed by atoms with Crippen LogP contribution in [0.4, 0.5) is 0 Å². The van der Waals surface area contributed by atoms with Crippen molar-refractivity contribution in [3.05, 3.63) is 34.9 Å². The van der Waals surface area contributed by atoms with E-state index in [4.69, 9.17) is 17.3 Å². The van der Waals surface area contributed by atoms with E-state index in [1.807, 2.05) is 24.3 Å². The second-order valence-electron chi connectivity index (χ2n) is 4.32. The van der Waals surface area contributed by atoms with Crippen LogP contribution >= 0.6 is 11.6 Å². The van der Waals surface area contributed by atoms with Gasteiger partial charge >= 0.3 is 0 Å². The Labute approximate surface area is 114 Å². The van der Waals surface area contributed by atoms with E-state index in [1.54, 1.807) is 0 Å². The van der Waals surface area contributed by atoms with Gasteiger partial charge in [0.25, 0.3) is 0 Å². The van der Waals surface area contributed by atoms with Gasteiger partial charge in [-0.2, -0.15) is 0 Å². The fourth-order valence-electron chi connectivity index (χ4n) is 1.64. The Kier molecular flexibility index (Phi) is 7.26. The minimum Gasteiger partial charge on any atom is -0.370 e. The lowest BCUT2D eigenvalue weighted by molar-refractivity contribution is 0.652. The van der Waals surface area contributed by atoms with Crippen LogP contribution in [0.3, 0.4) is 0 Å². The summed E-state index contributed by atoms with van der Waals surface area (Å²) in [7, 11) is 0. The van der Waals surface area contributed by atoms with Gasteiger partial charge in [-0.3, -0.25) is 0 Å². The molecule has 0 saturated carbocycles. The molecule has 3 N–H and O–H groups in total. The lowest BCUT2D eigenvalue weighted by Gasteiger charge is -2.05. The summed E-state index contributed by atoms with van der Waals surface area (Å²) in [4.78, 5) is 4.28. The first-order chi connectivity index (χ1) is 8.72. The summed E-state index contributed by atoms with van der Waals surface area (Å²) in [5.41, 5.74) is 6.85. The zero-order valence-electron chi connectivity index (χ0n) is 11.0. The van der Waals surface area contributed by atoms with Crippen LogP contribution in [0, 0.1) is 0 Å². The molecule has 0 heterocycles. The smallest absolute Gasteiger partial charge is 0.188 e. The lowest BCUT2D eigenvalue weighted by Crippen LogP contribution is -2.32. The maximum atomic E-state index is 5.90. The molecule has 0 bridgehead atoms. The predicted molar refractivity (Wildman–Crippen MR) is 78.9 cm³/mol. The molecule has 0 aliphatic carbocycles. The van der Waals surface area contributed by atoms with Crippen molar-refractivity contribution in [2.75, 3.05) is 6.54 Å². The summed E-state index contributed by atoms with van der Waals surface area (Å²) in [6.45, 7) is 3.66. The van der Waals surface area contributed by atoms with E-state index in [0.717, 1.165) is 23.6 Å². The molecule has 3 nitrogen and oxygen atoms in total. The number of benzene rings is 1. The Bertz CT molecular complexity index is 377. The van der Waals surface area contributed by atoms with E-state index in [9.17, 15) is 0 Å². The van der Waals surface area contributed by atoms with Gasteiger partial charge in [0.2, 0.25) is 0 Å². The van der Waals surface area contributed by atoms with Crippen molar-refractivity contribution in [3.63, 3.8) is 0 Å². The highest BCUT2D eigenvalue weighted by atomic mass is 35.5. The molecule has 100 valence electrons. The molecule has 0 radical (unpaired) electrons. The van der Waals surface area contributed by atoms with Crippen molar-refractivity contribution in [2.45, 2.75) is 39.2 Å². The lowest BCUT2D eigenvalue weighted by atomic mass is 10.2. The fourth-order valence-corrected chi connectivity index (χ4v) is 1.85. The topological polar surface area (TPSA) is 50.4 Å². The average Bonchev–Trinajstić information content (AvgIpc) is 2.36. The van der Waals surface area contributed by atoms with Crippen LogP contribution in [0.1, 0.15) is 38.2 Å². The van der Waals surface area contributed by atoms with E-state index in [-0.39, 0.29) is 0 Å². The molecule has 0 aliphatic heterocycles. The molecule has 0 fully saturated rings. The number of halogens is 1. The van der Waals surface area contributed by atoms with Crippen molar-refractivity contribution in [3.8, 4) is 0 Å². The van der Waals surface area contributed by atoms with E-state index >= 15 is 0 Å². The van der Waals surface area contributed by atoms with Crippen LogP contribution in [-0.2, 0) is 6.54 Å². The van der Waals surface area contributed by atoms with Gasteiger partial charge < -0.3 is 11.1 Å². The Morgan fingerprint density at radius 3 is 2.89 bits per heavy atom. The van der Waals surface area contributed by atoms with Crippen LogP contribution in [0.15, 0.2) is 29.3 Å². The zero-order chi connectivity index (χ0) is 13.2. The molecule has 0 unspecified atom stereocenters. The molecule has 4 heteroatoms. The van der Waals surface area contributed by atoms with Crippen LogP contribution < -0.4 is 11.1 Å². The van der Waals surface area contributed by atoms with Crippen molar-refractivity contribution in [1.29, 1.82) is 0 Å². The molecule has 0 amide bonds. The quantitative estimate of drug-likeness (QED) is 0.452. The third-order valence-corrected chi connectivity index (χ3v) is 2.89. The highest BCUT2D eigenvalue weighted by Gasteiger charge is 1.95. The van der Waals surface area contributed by atoms with E-state index in [1.165, 1.54) is 19.3 Å². The van der Waals surface area contributed by atoms with Gasteiger partial charge in [-0.1, -0.05) is 49.9 Å². The van der Waals surface area contributed by atoms with E-state index in [0.29, 0.717) is 12.5 Å². The normalized spacial score (nSPS) is 11.6. The first kappa shape index (κ1) is 14.8. The number of aliphatic imine (C=N–C) groups is 1. The molecule has 1 aromatic carbocycles. The second-order valence-corrected chi connectivity index (χ2v) is 4.76. The van der Waals surface area contributed by atoms with E-state index in [2.05, 4.69) is 17.2 Å². The number of unbranched alkanes of at least 4 members (excludes halogenated alkanes) is 3. The number of nitrogens with one attached hydrogen (secondary N) is 1. The number of guanidine groups is 1. The number of nitrogens with two attached hydrogens (primary N) is 1. The standard InChI is InChI=1S/C14H22ClN3/c1-2-3-4-5-9-17-14(16)18-11-12-7-6-8-13(15)10-12/h6-8,10H,2-5,9,11H2,1H3,(H3,16,17,18). The number of hydrogen-bond donors (Lipinski definition) is 2. The Hall–Kier alpha value is -1.22. The summed E-state index contributed by atoms with van der Waals surface area (Å²) in [6.07, 6.45) is 4.91. The largest absolute Gasteiger partial charge is 0.370 e. The molecule has 0 atom stereocenters. The van der Waals surface area contributed by atoms with Gasteiger partial charge in [0.05, 0.1) is 6.54 Å². The monoisotopic (exact) mass is 267 g/mol. The average molecular weight is 268 g/mol. The van der Waals surface area contributed by atoms with E-state index < -0.39 is 0 Å². The number of hydrogen-bond acceptors (Lipinski definition) is 1. The Balaban J connectivity index is 2.25. The number of rotatable bonds is 7. The van der Waals surface area contributed by atoms with Crippen molar-refractivity contribution < 1.29 is 0 Å². The Morgan fingerprint density at radius 1 is 1.33 bits per heavy atom. The minimum atomic E-state index is 0.506. The Morgan fingerprint density at radius 2 is 2.17 bits per heavy atom. The van der Waals surface area contributed by atoms with Gasteiger partial charge in [0.15, 0.2) is 5.96 Å². The van der Waals surface area contributed by atoms with Crippen LogP contribution in [0.25, 0.3) is 0 Å². The van der Waals surface area contributed by atoms with Gasteiger partial charge in [-0.25, -0.2) is 4.99 Å². The molecular formula is C14H22ClN3. The third-order valence-electron chi connectivity index (χ3n) is 2.66. The molecule has 1 aromatic rings. The summed E-state index contributed by atoms with van der Waals surface area (Å²) >= 11 is 5.90. The molecular weight excluding hydrogens is 246 g/mol. The molecule has 1 rings (SSSR count). The SMILES string of the molecule is CCCCCCNC(N)=NCc1cccc(Cl)c1. The fraction of sp³-hybridized carbons (Fsp3) is 0.500. The van der Waals surface area contributed by atoms with Gasteiger partial charge in [-0.15, -0.1) is 0 Å². The first-order valence-electron chi connectivity index (χ1n) is 6.50. The van der Waals surface area contributed by atoms with Crippen molar-refractivity contribution in [2.24, 2.45) is 10.7 Å². The second kappa shape index (κ2) is 8.81.